The van der Waals surface area contributed by atoms with Crippen molar-refractivity contribution in [3.8, 4) is 5.75 Å². The normalized spacial score (nSPS) is 26.8. The van der Waals surface area contributed by atoms with Gasteiger partial charge in [-0.2, -0.15) is 0 Å². The van der Waals surface area contributed by atoms with Gasteiger partial charge in [-0.15, -0.1) is 0 Å². The summed E-state index contributed by atoms with van der Waals surface area (Å²) in [5.74, 6) is 0.863. The van der Waals surface area contributed by atoms with Crippen LogP contribution in [0.4, 0.5) is 0 Å². The first-order chi connectivity index (χ1) is 8.65. The van der Waals surface area contributed by atoms with Gasteiger partial charge in [-0.3, -0.25) is 0 Å². The van der Waals surface area contributed by atoms with Crippen LogP contribution >= 0.6 is 31.9 Å². The molecule has 2 rings (SSSR count). The van der Waals surface area contributed by atoms with Gasteiger partial charge in [0.25, 0.3) is 0 Å². The van der Waals surface area contributed by atoms with E-state index in [2.05, 4.69) is 37.2 Å². The third-order valence-corrected chi connectivity index (χ3v) is 4.26. The van der Waals surface area contributed by atoms with E-state index in [0.29, 0.717) is 12.6 Å². The molecule has 1 aliphatic rings. The van der Waals surface area contributed by atoms with Crippen molar-refractivity contribution >= 4 is 31.9 Å². The van der Waals surface area contributed by atoms with Gasteiger partial charge >= 0.3 is 0 Å². The molecule has 3 atom stereocenters. The molecule has 1 saturated carbocycles. The van der Waals surface area contributed by atoms with E-state index in [0.717, 1.165) is 21.1 Å². The van der Waals surface area contributed by atoms with Gasteiger partial charge in [-0.05, 0) is 48.1 Å². The highest BCUT2D eigenvalue weighted by Crippen LogP contribution is 2.34. The molecule has 0 aromatic heterocycles. The summed E-state index contributed by atoms with van der Waals surface area (Å²) < 4.78 is 13.7. The molecule has 0 amide bonds. The van der Waals surface area contributed by atoms with Gasteiger partial charge < -0.3 is 14.8 Å². The number of benzene rings is 1. The highest BCUT2D eigenvalue weighted by molar-refractivity contribution is 9.11. The van der Waals surface area contributed by atoms with E-state index in [4.69, 9.17) is 9.47 Å². The lowest BCUT2D eigenvalue weighted by Gasteiger charge is -2.43. The van der Waals surface area contributed by atoms with Gasteiger partial charge in [0, 0.05) is 23.5 Å². The second-order valence-electron chi connectivity index (χ2n) is 4.28. The maximum Gasteiger partial charge on any atom is 0.134 e. The molecule has 3 unspecified atom stereocenters. The second-order valence-corrected chi connectivity index (χ2v) is 6.05. The van der Waals surface area contributed by atoms with Crippen molar-refractivity contribution in [1.82, 2.24) is 5.32 Å². The van der Waals surface area contributed by atoms with Crippen molar-refractivity contribution in [2.24, 2.45) is 0 Å². The molecule has 3 nitrogen and oxygen atoms in total. The van der Waals surface area contributed by atoms with E-state index in [1.54, 1.807) is 0 Å². The van der Waals surface area contributed by atoms with Gasteiger partial charge in [-0.1, -0.05) is 15.9 Å². The molecule has 0 spiro atoms. The third kappa shape index (κ3) is 3.07. The topological polar surface area (TPSA) is 30.5 Å². The Labute approximate surface area is 124 Å². The van der Waals surface area contributed by atoms with Crippen LogP contribution in [0.1, 0.15) is 13.3 Å². The van der Waals surface area contributed by atoms with Crippen LogP contribution in [0.15, 0.2) is 27.1 Å². The van der Waals surface area contributed by atoms with E-state index < -0.39 is 0 Å². The van der Waals surface area contributed by atoms with Crippen LogP contribution in [0.2, 0.25) is 0 Å². The van der Waals surface area contributed by atoms with Gasteiger partial charge in [0.1, 0.15) is 18.0 Å². The van der Waals surface area contributed by atoms with Gasteiger partial charge in [0.15, 0.2) is 0 Å². The van der Waals surface area contributed by atoms with Crippen molar-refractivity contribution in [2.45, 2.75) is 31.6 Å². The van der Waals surface area contributed by atoms with Gasteiger partial charge in [0.2, 0.25) is 0 Å². The minimum atomic E-state index is 0.125. The number of nitrogens with one attached hydrogen (secondary N) is 1. The predicted octanol–water partition coefficient (Wildman–Crippen LogP) is 3.36. The first kappa shape index (κ1) is 14.3. The fourth-order valence-corrected chi connectivity index (χ4v) is 3.27. The fourth-order valence-electron chi connectivity index (χ4n) is 2.13. The largest absolute Gasteiger partial charge is 0.486 e. The summed E-state index contributed by atoms with van der Waals surface area (Å²) in [6, 6.07) is 6.32. The Morgan fingerprint density at radius 3 is 2.78 bits per heavy atom. The van der Waals surface area contributed by atoms with Crippen LogP contribution in [0, 0.1) is 0 Å². The molecular weight excluding hydrogens is 362 g/mol. The lowest BCUT2D eigenvalue weighted by molar-refractivity contribution is -0.103. The number of halogens is 2. The highest BCUT2D eigenvalue weighted by Gasteiger charge is 2.43. The van der Waals surface area contributed by atoms with E-state index in [1.165, 1.54) is 0 Å². The Kier molecular flexibility index (Phi) is 5.06. The molecule has 1 aromatic rings. The molecule has 0 saturated heterocycles. The Balaban J connectivity index is 2.01. The van der Waals surface area contributed by atoms with Crippen LogP contribution in [-0.2, 0) is 4.74 Å². The zero-order valence-electron chi connectivity index (χ0n) is 10.5. The lowest BCUT2D eigenvalue weighted by Crippen LogP contribution is -2.60. The second kappa shape index (κ2) is 6.37. The summed E-state index contributed by atoms with van der Waals surface area (Å²) in [5.41, 5.74) is 0. The van der Waals surface area contributed by atoms with Crippen LogP contribution in [0.3, 0.4) is 0 Å². The smallest absolute Gasteiger partial charge is 0.134 e. The van der Waals surface area contributed by atoms with Crippen molar-refractivity contribution in [3.05, 3.63) is 27.1 Å². The molecule has 0 heterocycles. The van der Waals surface area contributed by atoms with Crippen molar-refractivity contribution < 1.29 is 9.47 Å². The lowest BCUT2D eigenvalue weighted by atomic mass is 9.85. The summed E-state index contributed by atoms with van der Waals surface area (Å²) in [6.07, 6.45) is 1.24. The predicted molar refractivity (Wildman–Crippen MR) is 79.1 cm³/mol. The minimum Gasteiger partial charge on any atom is -0.486 e. The Hall–Kier alpha value is -0.100. The van der Waals surface area contributed by atoms with Crippen molar-refractivity contribution in [1.29, 1.82) is 0 Å². The Morgan fingerprint density at radius 1 is 1.39 bits per heavy atom. The average Bonchev–Trinajstić information content (AvgIpc) is 2.33. The van der Waals surface area contributed by atoms with E-state index >= 15 is 0 Å². The van der Waals surface area contributed by atoms with Crippen molar-refractivity contribution in [3.63, 3.8) is 0 Å². The molecule has 0 aliphatic heterocycles. The Morgan fingerprint density at radius 2 is 2.17 bits per heavy atom. The summed E-state index contributed by atoms with van der Waals surface area (Å²) in [7, 11) is 1.96. The Bertz CT molecular complexity index is 414. The maximum atomic E-state index is 6.00. The first-order valence-electron chi connectivity index (χ1n) is 6.06. The maximum absolute atomic E-state index is 6.00. The molecule has 0 radical (unpaired) electrons. The van der Waals surface area contributed by atoms with Crippen LogP contribution < -0.4 is 10.1 Å². The van der Waals surface area contributed by atoms with Crippen LogP contribution in [0.5, 0.6) is 5.75 Å². The number of rotatable bonds is 5. The number of hydrogen-bond acceptors (Lipinski definition) is 3. The molecule has 100 valence electrons. The molecular formula is C13H17Br2NO2. The summed E-state index contributed by atoms with van der Waals surface area (Å²) >= 11 is 6.94. The molecule has 1 aromatic carbocycles. The average molecular weight is 379 g/mol. The van der Waals surface area contributed by atoms with E-state index in [1.807, 2.05) is 32.2 Å². The minimum absolute atomic E-state index is 0.125. The first-order valence-corrected chi connectivity index (χ1v) is 7.65. The number of likely N-dealkylation sites (N-methyl/N-ethyl adjacent to an activating group) is 1. The fraction of sp³-hybridized carbons (Fsp3) is 0.538. The summed E-state index contributed by atoms with van der Waals surface area (Å²) in [5, 5.41) is 3.25. The molecule has 0 bridgehead atoms. The van der Waals surface area contributed by atoms with Crippen LogP contribution in [-0.4, -0.2) is 31.9 Å². The third-order valence-electron chi connectivity index (χ3n) is 3.15. The molecule has 1 aliphatic carbocycles. The molecule has 18 heavy (non-hydrogen) atoms. The van der Waals surface area contributed by atoms with Gasteiger partial charge in [-0.25, -0.2) is 0 Å². The molecule has 5 heteroatoms. The summed E-state index contributed by atoms with van der Waals surface area (Å²) in [4.78, 5) is 0. The SMILES string of the molecule is CCOC1C(NC)CC1Oc1ccc(Br)cc1Br. The molecule has 1 fully saturated rings. The van der Waals surface area contributed by atoms with Crippen molar-refractivity contribution in [2.75, 3.05) is 13.7 Å². The quantitative estimate of drug-likeness (QED) is 0.852. The number of hydrogen-bond donors (Lipinski definition) is 1. The molecule has 1 N–H and O–H groups in total. The van der Waals surface area contributed by atoms with Gasteiger partial charge in [0.05, 0.1) is 4.47 Å². The van der Waals surface area contributed by atoms with Crippen LogP contribution in [0.25, 0.3) is 0 Å². The standard InChI is InChI=1S/C13H17Br2NO2/c1-3-17-13-10(16-2)7-12(13)18-11-5-4-8(14)6-9(11)15/h4-6,10,12-13,16H,3,7H2,1-2H3. The van der Waals surface area contributed by atoms with E-state index in [9.17, 15) is 0 Å². The highest BCUT2D eigenvalue weighted by atomic mass is 79.9. The zero-order valence-corrected chi connectivity index (χ0v) is 13.6. The monoisotopic (exact) mass is 377 g/mol. The zero-order chi connectivity index (χ0) is 13.1. The number of ether oxygens (including phenoxy) is 2. The van der Waals surface area contributed by atoms with E-state index in [-0.39, 0.29) is 12.2 Å². The summed E-state index contributed by atoms with van der Waals surface area (Å²) in [6.45, 7) is 2.72.